The van der Waals surface area contributed by atoms with E-state index in [1.165, 1.54) is 0 Å². The first-order chi connectivity index (χ1) is 8.02. The molecule has 0 amide bonds. The van der Waals surface area contributed by atoms with Crippen molar-refractivity contribution in [1.82, 2.24) is 9.80 Å². The van der Waals surface area contributed by atoms with Crippen LogP contribution < -0.4 is 5.73 Å². The highest BCUT2D eigenvalue weighted by atomic mass is 32.1. The number of thiocarbonyl (C=S) groups is 1. The van der Waals surface area contributed by atoms with Crippen LogP contribution in [0, 0.1) is 0 Å². The smallest absolute Gasteiger partial charge is 0.0870 e. The normalized spacial score (nSPS) is 22.3. The second-order valence-electron chi connectivity index (χ2n) is 4.88. The van der Waals surface area contributed by atoms with Gasteiger partial charge in [-0.3, -0.25) is 9.80 Å². The fourth-order valence-corrected chi connectivity index (χ4v) is 2.26. The summed E-state index contributed by atoms with van der Waals surface area (Å²) in [6, 6.07) is 0.442. The Morgan fingerprint density at radius 1 is 1.59 bits per heavy atom. The summed E-state index contributed by atoms with van der Waals surface area (Å²) in [6.45, 7) is 12.1. The van der Waals surface area contributed by atoms with Crippen LogP contribution in [0.5, 0.6) is 0 Å². The van der Waals surface area contributed by atoms with Gasteiger partial charge in [-0.2, -0.15) is 0 Å². The average Bonchev–Trinajstić information content (AvgIpc) is 2.27. The largest absolute Gasteiger partial charge is 0.392 e. The van der Waals surface area contributed by atoms with Gasteiger partial charge in [0.05, 0.1) is 17.7 Å². The molecule has 0 spiro atoms. The Morgan fingerprint density at radius 3 is 2.82 bits per heavy atom. The zero-order valence-electron chi connectivity index (χ0n) is 11.2. The van der Waals surface area contributed by atoms with E-state index in [-0.39, 0.29) is 6.10 Å². The first-order valence-corrected chi connectivity index (χ1v) is 6.80. The van der Waals surface area contributed by atoms with Crippen molar-refractivity contribution >= 4 is 17.2 Å². The number of rotatable bonds is 6. The molecule has 0 radical (unpaired) electrons. The molecule has 100 valence electrons. The maximum Gasteiger partial charge on any atom is 0.0870 e. The van der Waals surface area contributed by atoms with E-state index >= 15 is 0 Å². The molecule has 1 fully saturated rings. The van der Waals surface area contributed by atoms with Crippen molar-refractivity contribution in [3.63, 3.8) is 0 Å². The van der Waals surface area contributed by atoms with Gasteiger partial charge in [0.15, 0.2) is 0 Å². The molecule has 0 saturated carbocycles. The summed E-state index contributed by atoms with van der Waals surface area (Å²) in [6.07, 6.45) is 0.278. The lowest BCUT2D eigenvalue weighted by atomic mass is 10.2. The molecule has 0 bridgehead atoms. The van der Waals surface area contributed by atoms with Crippen LogP contribution in [0.25, 0.3) is 0 Å². The van der Waals surface area contributed by atoms with Crippen molar-refractivity contribution in [2.24, 2.45) is 5.73 Å². The van der Waals surface area contributed by atoms with Crippen molar-refractivity contribution in [2.75, 3.05) is 39.3 Å². The van der Waals surface area contributed by atoms with Crippen LogP contribution in [0.2, 0.25) is 0 Å². The molecule has 5 heteroatoms. The summed E-state index contributed by atoms with van der Waals surface area (Å²) in [5.41, 5.74) is 5.63. The van der Waals surface area contributed by atoms with Crippen molar-refractivity contribution < 1.29 is 4.74 Å². The average molecular weight is 259 g/mol. The molecule has 17 heavy (non-hydrogen) atoms. The van der Waals surface area contributed by atoms with E-state index in [1.807, 2.05) is 0 Å². The summed E-state index contributed by atoms with van der Waals surface area (Å²) in [7, 11) is 0. The predicted molar refractivity (Wildman–Crippen MR) is 75.3 cm³/mol. The molecule has 2 N–H and O–H groups in total. The maximum absolute atomic E-state index is 5.80. The highest BCUT2D eigenvalue weighted by molar-refractivity contribution is 7.80. The molecule has 1 atom stereocenters. The zero-order valence-corrected chi connectivity index (χ0v) is 12.0. The third kappa shape index (κ3) is 5.29. The van der Waals surface area contributed by atoms with Crippen LogP contribution in [0.15, 0.2) is 0 Å². The Hall–Kier alpha value is -0.230. The van der Waals surface area contributed by atoms with Gasteiger partial charge < -0.3 is 10.5 Å². The van der Waals surface area contributed by atoms with E-state index in [0.717, 1.165) is 32.8 Å². The third-order valence-corrected chi connectivity index (χ3v) is 3.33. The van der Waals surface area contributed by atoms with E-state index in [2.05, 4.69) is 30.6 Å². The number of hydrogen-bond donors (Lipinski definition) is 1. The molecule has 0 aromatic carbocycles. The van der Waals surface area contributed by atoms with Crippen LogP contribution in [-0.2, 0) is 4.74 Å². The number of nitrogens with zero attached hydrogens (tertiary/aromatic N) is 2. The SMILES string of the molecule is CCN1CCOC(CN(CC(N)=S)C(C)C)C1. The lowest BCUT2D eigenvalue weighted by Crippen LogP contribution is -2.50. The van der Waals surface area contributed by atoms with E-state index in [0.29, 0.717) is 17.6 Å². The molecule has 1 saturated heterocycles. The molecule has 1 aliphatic heterocycles. The molecule has 4 nitrogen and oxygen atoms in total. The number of likely N-dealkylation sites (N-methyl/N-ethyl adjacent to an activating group) is 1. The van der Waals surface area contributed by atoms with Gasteiger partial charge in [0.2, 0.25) is 0 Å². The van der Waals surface area contributed by atoms with Crippen LogP contribution in [-0.4, -0.2) is 66.3 Å². The fraction of sp³-hybridized carbons (Fsp3) is 0.917. The molecular weight excluding hydrogens is 234 g/mol. The molecule has 1 rings (SSSR count). The standard InChI is InChI=1S/C12H25N3OS/c1-4-14-5-6-16-11(7-14)8-15(10(2)3)9-12(13)17/h10-11H,4-9H2,1-3H3,(H2,13,17). The summed E-state index contributed by atoms with van der Waals surface area (Å²) in [4.78, 5) is 5.27. The van der Waals surface area contributed by atoms with Crippen LogP contribution in [0.4, 0.5) is 0 Å². The molecule has 1 aliphatic rings. The quantitative estimate of drug-likeness (QED) is 0.711. The highest BCUT2D eigenvalue weighted by Crippen LogP contribution is 2.08. The molecular formula is C12H25N3OS. The molecule has 0 aromatic heterocycles. The van der Waals surface area contributed by atoms with Crippen molar-refractivity contribution in [3.8, 4) is 0 Å². The first kappa shape index (κ1) is 14.8. The van der Waals surface area contributed by atoms with E-state index in [9.17, 15) is 0 Å². The van der Waals surface area contributed by atoms with Gasteiger partial charge >= 0.3 is 0 Å². The Kier molecular flexibility index (Phi) is 6.33. The number of hydrogen-bond acceptors (Lipinski definition) is 4. The van der Waals surface area contributed by atoms with Gasteiger partial charge in [-0.1, -0.05) is 19.1 Å². The zero-order chi connectivity index (χ0) is 12.8. The molecule has 0 aliphatic carbocycles. The summed E-state index contributed by atoms with van der Waals surface area (Å²) in [5.74, 6) is 0. The van der Waals surface area contributed by atoms with E-state index in [1.54, 1.807) is 0 Å². The fourth-order valence-electron chi connectivity index (χ4n) is 2.10. The van der Waals surface area contributed by atoms with Gasteiger partial charge in [-0.25, -0.2) is 0 Å². The van der Waals surface area contributed by atoms with Crippen LogP contribution in [0.3, 0.4) is 0 Å². The van der Waals surface area contributed by atoms with Gasteiger partial charge in [-0.15, -0.1) is 0 Å². The lowest BCUT2D eigenvalue weighted by Gasteiger charge is -2.36. The minimum absolute atomic E-state index is 0.278. The second kappa shape index (κ2) is 7.26. The Balaban J connectivity index is 2.45. The Bertz CT molecular complexity index is 248. The number of morpholine rings is 1. The monoisotopic (exact) mass is 259 g/mol. The Labute approximate surface area is 110 Å². The molecule has 0 aromatic rings. The van der Waals surface area contributed by atoms with Crippen molar-refractivity contribution in [2.45, 2.75) is 32.9 Å². The Morgan fingerprint density at radius 2 is 2.29 bits per heavy atom. The van der Waals surface area contributed by atoms with Gasteiger partial charge in [-0.05, 0) is 20.4 Å². The third-order valence-electron chi connectivity index (χ3n) is 3.20. The lowest BCUT2D eigenvalue weighted by molar-refractivity contribution is -0.0433. The highest BCUT2D eigenvalue weighted by Gasteiger charge is 2.23. The van der Waals surface area contributed by atoms with Gasteiger partial charge in [0.1, 0.15) is 0 Å². The first-order valence-electron chi connectivity index (χ1n) is 6.39. The second-order valence-corrected chi connectivity index (χ2v) is 5.40. The minimum atomic E-state index is 0.278. The van der Waals surface area contributed by atoms with Gasteiger partial charge in [0.25, 0.3) is 0 Å². The van der Waals surface area contributed by atoms with Crippen molar-refractivity contribution in [3.05, 3.63) is 0 Å². The van der Waals surface area contributed by atoms with E-state index in [4.69, 9.17) is 22.7 Å². The van der Waals surface area contributed by atoms with E-state index < -0.39 is 0 Å². The topological polar surface area (TPSA) is 41.7 Å². The predicted octanol–water partition coefficient (Wildman–Crippen LogP) is 0.704. The number of ether oxygens (including phenoxy) is 1. The number of nitrogens with two attached hydrogens (primary N) is 1. The summed E-state index contributed by atoms with van der Waals surface area (Å²) < 4.78 is 5.80. The molecule has 1 unspecified atom stereocenters. The molecule has 1 heterocycles. The minimum Gasteiger partial charge on any atom is -0.392 e. The van der Waals surface area contributed by atoms with Gasteiger partial charge in [0, 0.05) is 32.2 Å². The van der Waals surface area contributed by atoms with Crippen molar-refractivity contribution in [1.29, 1.82) is 0 Å². The van der Waals surface area contributed by atoms with Crippen LogP contribution in [0.1, 0.15) is 20.8 Å². The maximum atomic E-state index is 5.80. The van der Waals surface area contributed by atoms with Crippen LogP contribution >= 0.6 is 12.2 Å². The summed E-state index contributed by atoms with van der Waals surface area (Å²) >= 11 is 4.99. The summed E-state index contributed by atoms with van der Waals surface area (Å²) in [5, 5.41) is 0.